The van der Waals surface area contributed by atoms with Gasteiger partial charge >= 0.3 is 5.69 Å². The molecule has 1 unspecified atom stereocenters. The third kappa shape index (κ3) is 4.32. The van der Waals surface area contributed by atoms with Crippen LogP contribution in [-0.2, 0) is 0 Å². The number of amides is 1. The topological polar surface area (TPSA) is 84.7 Å². The highest BCUT2D eigenvalue weighted by molar-refractivity contribution is 6.31. The molecule has 1 aliphatic heterocycles. The molecule has 0 aromatic heterocycles. The van der Waals surface area contributed by atoms with Crippen LogP contribution in [-0.4, -0.2) is 42.5 Å². The molecule has 27 heavy (non-hydrogen) atoms. The second-order valence-electron chi connectivity index (χ2n) is 5.88. The third-order valence-electron chi connectivity index (χ3n) is 4.39. The van der Waals surface area contributed by atoms with E-state index in [0.717, 1.165) is 5.56 Å². The molecule has 0 saturated carbocycles. The number of carbonyl (C=O) groups excluding carboxylic acids is 1. The van der Waals surface area contributed by atoms with Crippen LogP contribution in [0.1, 0.15) is 22.0 Å². The highest BCUT2D eigenvalue weighted by Gasteiger charge is 2.30. The summed E-state index contributed by atoms with van der Waals surface area (Å²) in [5.74, 6) is -0.158. The molecule has 0 aliphatic carbocycles. The van der Waals surface area contributed by atoms with Crippen molar-refractivity contribution in [3.8, 4) is 5.75 Å². The fourth-order valence-electron chi connectivity index (χ4n) is 3.10. The zero-order valence-corrected chi connectivity index (χ0v) is 16.1. The summed E-state index contributed by atoms with van der Waals surface area (Å²) in [5.41, 5.74) is 1.03. The molecular formula is C18H19Cl2N3O4. The van der Waals surface area contributed by atoms with Crippen molar-refractivity contribution in [3.63, 3.8) is 0 Å². The summed E-state index contributed by atoms with van der Waals surface area (Å²) in [5, 5.41) is 14.9. The molecule has 1 aliphatic rings. The maximum atomic E-state index is 13.1. The molecule has 144 valence electrons. The average Bonchev–Trinajstić information content (AvgIpc) is 2.67. The molecule has 1 fully saturated rings. The van der Waals surface area contributed by atoms with Crippen molar-refractivity contribution in [1.29, 1.82) is 0 Å². The zero-order valence-electron chi connectivity index (χ0n) is 14.6. The Labute approximate surface area is 167 Å². The summed E-state index contributed by atoms with van der Waals surface area (Å²) < 4.78 is 5.07. The van der Waals surface area contributed by atoms with E-state index in [1.54, 1.807) is 11.0 Å². The lowest BCUT2D eigenvalue weighted by Gasteiger charge is -2.37. The van der Waals surface area contributed by atoms with Gasteiger partial charge in [-0.1, -0.05) is 29.8 Å². The van der Waals surface area contributed by atoms with Crippen LogP contribution in [0.3, 0.4) is 0 Å². The van der Waals surface area contributed by atoms with Gasteiger partial charge in [0.15, 0.2) is 5.75 Å². The van der Waals surface area contributed by atoms with E-state index in [4.69, 9.17) is 16.3 Å². The van der Waals surface area contributed by atoms with Crippen molar-refractivity contribution in [2.75, 3.05) is 26.7 Å². The zero-order chi connectivity index (χ0) is 18.7. The number of hydrogen-bond acceptors (Lipinski definition) is 5. The number of nitrogens with zero attached hydrogens (tertiary/aromatic N) is 2. The number of piperazine rings is 1. The molecule has 0 bridgehead atoms. The Morgan fingerprint density at radius 1 is 1.33 bits per heavy atom. The maximum absolute atomic E-state index is 13.1. The molecule has 1 N–H and O–H groups in total. The van der Waals surface area contributed by atoms with Gasteiger partial charge < -0.3 is 15.0 Å². The third-order valence-corrected chi connectivity index (χ3v) is 4.74. The van der Waals surface area contributed by atoms with Crippen LogP contribution in [0.5, 0.6) is 5.75 Å². The number of ether oxygens (including phenoxy) is 1. The van der Waals surface area contributed by atoms with E-state index < -0.39 is 4.92 Å². The van der Waals surface area contributed by atoms with Gasteiger partial charge in [0.1, 0.15) is 0 Å². The van der Waals surface area contributed by atoms with Gasteiger partial charge in [-0.15, -0.1) is 12.4 Å². The van der Waals surface area contributed by atoms with E-state index in [1.165, 1.54) is 25.3 Å². The predicted octanol–water partition coefficient (Wildman–Crippen LogP) is 3.47. The Kier molecular flexibility index (Phi) is 7.01. The molecule has 3 rings (SSSR count). The molecule has 1 amide bonds. The van der Waals surface area contributed by atoms with Gasteiger partial charge in [0, 0.05) is 42.4 Å². The van der Waals surface area contributed by atoms with Crippen molar-refractivity contribution in [3.05, 3.63) is 68.7 Å². The Morgan fingerprint density at radius 3 is 2.74 bits per heavy atom. The normalized spacial score (nSPS) is 16.4. The number of rotatable bonds is 4. The largest absolute Gasteiger partial charge is 0.490 e. The second kappa shape index (κ2) is 9.03. The van der Waals surface area contributed by atoms with Crippen LogP contribution in [0.15, 0.2) is 42.5 Å². The highest BCUT2D eigenvalue weighted by Crippen LogP contribution is 2.32. The summed E-state index contributed by atoms with van der Waals surface area (Å²) in [7, 11) is 1.34. The number of carbonyl (C=O) groups is 1. The van der Waals surface area contributed by atoms with Gasteiger partial charge in [-0.2, -0.15) is 0 Å². The summed E-state index contributed by atoms with van der Waals surface area (Å²) in [6.45, 7) is 1.75. The van der Waals surface area contributed by atoms with Crippen LogP contribution in [0.4, 0.5) is 5.69 Å². The first kappa shape index (κ1) is 21.0. The van der Waals surface area contributed by atoms with Gasteiger partial charge in [-0.05, 0) is 17.7 Å². The van der Waals surface area contributed by atoms with E-state index in [2.05, 4.69) is 5.32 Å². The molecule has 0 spiro atoms. The fraction of sp³-hybridized carbons (Fsp3) is 0.278. The Balaban J connectivity index is 0.00000261. The van der Waals surface area contributed by atoms with Crippen molar-refractivity contribution in [1.82, 2.24) is 10.2 Å². The molecule has 9 heteroatoms. The number of hydrogen-bond donors (Lipinski definition) is 1. The van der Waals surface area contributed by atoms with Gasteiger partial charge in [-0.25, -0.2) is 0 Å². The summed E-state index contributed by atoms with van der Waals surface area (Å²) >= 11 is 6.32. The number of methoxy groups -OCH3 is 1. The Morgan fingerprint density at radius 2 is 2.07 bits per heavy atom. The van der Waals surface area contributed by atoms with Crippen LogP contribution in [0.2, 0.25) is 5.02 Å². The predicted molar refractivity (Wildman–Crippen MR) is 105 cm³/mol. The van der Waals surface area contributed by atoms with E-state index >= 15 is 0 Å². The van der Waals surface area contributed by atoms with Crippen LogP contribution < -0.4 is 10.1 Å². The minimum absolute atomic E-state index is 0. The molecule has 1 saturated heterocycles. The number of halogens is 2. The number of nitro benzene ring substituents is 1. The van der Waals surface area contributed by atoms with Crippen molar-refractivity contribution in [2.24, 2.45) is 0 Å². The monoisotopic (exact) mass is 411 g/mol. The molecule has 1 atom stereocenters. The summed E-state index contributed by atoms with van der Waals surface area (Å²) in [6, 6.07) is 11.4. The Bertz CT molecular complexity index is 847. The van der Waals surface area contributed by atoms with Gasteiger partial charge in [0.25, 0.3) is 5.91 Å². The second-order valence-corrected chi connectivity index (χ2v) is 6.29. The molecule has 2 aromatic rings. The van der Waals surface area contributed by atoms with Crippen LogP contribution in [0, 0.1) is 10.1 Å². The van der Waals surface area contributed by atoms with Gasteiger partial charge in [-0.3, -0.25) is 14.9 Å². The number of benzene rings is 2. The minimum Gasteiger partial charge on any atom is -0.490 e. The molecule has 2 aromatic carbocycles. The van der Waals surface area contributed by atoms with Crippen molar-refractivity contribution < 1.29 is 14.5 Å². The van der Waals surface area contributed by atoms with Gasteiger partial charge in [0.2, 0.25) is 0 Å². The fourth-order valence-corrected chi connectivity index (χ4v) is 3.36. The number of nitrogens with one attached hydrogen (secondary N) is 1. The number of nitro groups is 1. The molecule has 1 heterocycles. The first-order valence-corrected chi connectivity index (χ1v) is 8.49. The molecular weight excluding hydrogens is 393 g/mol. The lowest BCUT2D eigenvalue weighted by atomic mass is 10.0. The van der Waals surface area contributed by atoms with Gasteiger partial charge in [0.05, 0.1) is 18.1 Å². The van der Waals surface area contributed by atoms with E-state index in [-0.39, 0.29) is 35.8 Å². The van der Waals surface area contributed by atoms with E-state index in [0.29, 0.717) is 30.2 Å². The Hall–Kier alpha value is -2.35. The maximum Gasteiger partial charge on any atom is 0.310 e. The summed E-state index contributed by atoms with van der Waals surface area (Å²) in [4.78, 5) is 25.3. The van der Waals surface area contributed by atoms with Crippen molar-refractivity contribution in [2.45, 2.75) is 6.04 Å². The van der Waals surface area contributed by atoms with Crippen LogP contribution >= 0.6 is 24.0 Å². The first-order chi connectivity index (χ1) is 12.5. The minimum atomic E-state index is -0.537. The standard InChI is InChI=1S/C18H18ClN3O4.ClH/c1-26-17-10-12(6-7-15(17)22(24)25)18(23)21-9-8-20-11-16(21)13-4-2-3-5-14(13)19;/h2-7,10,16,20H,8-9,11H2,1H3;1H. The lowest BCUT2D eigenvalue weighted by Crippen LogP contribution is -2.48. The van der Waals surface area contributed by atoms with E-state index in [1.807, 2.05) is 18.2 Å². The molecule has 7 nitrogen and oxygen atoms in total. The smallest absolute Gasteiger partial charge is 0.310 e. The molecule has 0 radical (unpaired) electrons. The first-order valence-electron chi connectivity index (χ1n) is 8.11. The van der Waals surface area contributed by atoms with E-state index in [9.17, 15) is 14.9 Å². The lowest BCUT2D eigenvalue weighted by molar-refractivity contribution is -0.385. The highest BCUT2D eigenvalue weighted by atomic mass is 35.5. The quantitative estimate of drug-likeness (QED) is 0.614. The SMILES string of the molecule is COc1cc(C(=O)N2CCNCC2c2ccccc2Cl)ccc1[N+](=O)[O-].Cl. The average molecular weight is 412 g/mol. The summed E-state index contributed by atoms with van der Waals surface area (Å²) in [6.07, 6.45) is 0. The van der Waals surface area contributed by atoms with Crippen molar-refractivity contribution >= 4 is 35.6 Å². The van der Waals surface area contributed by atoms with Crippen LogP contribution in [0.25, 0.3) is 0 Å².